The molecule has 0 unspecified atom stereocenters. The van der Waals surface area contributed by atoms with Crippen molar-refractivity contribution in [2.24, 2.45) is 0 Å². The van der Waals surface area contributed by atoms with Gasteiger partial charge < -0.3 is 16.2 Å². The Labute approximate surface area is 101 Å². The summed E-state index contributed by atoms with van der Waals surface area (Å²) >= 11 is 3.34. The van der Waals surface area contributed by atoms with E-state index in [1.165, 1.54) is 0 Å². The molecule has 0 aliphatic rings. The number of hydrogen-bond donors (Lipinski definition) is 2. The van der Waals surface area contributed by atoms with Gasteiger partial charge >= 0.3 is 0 Å². The van der Waals surface area contributed by atoms with Crippen molar-refractivity contribution < 1.29 is 4.74 Å². The molecule has 0 amide bonds. The summed E-state index contributed by atoms with van der Waals surface area (Å²) in [5.41, 5.74) is 11.6. The molecule has 16 heavy (non-hydrogen) atoms. The second-order valence-corrected chi connectivity index (χ2v) is 4.10. The van der Waals surface area contributed by atoms with Gasteiger partial charge in [0, 0.05) is 10.5 Å². The predicted molar refractivity (Wildman–Crippen MR) is 67.3 cm³/mol. The molecule has 0 atom stereocenters. The largest absolute Gasteiger partial charge is 0.439 e. The Bertz CT molecular complexity index is 499. The van der Waals surface area contributed by atoms with Crippen molar-refractivity contribution in [2.75, 3.05) is 11.5 Å². The van der Waals surface area contributed by atoms with Gasteiger partial charge in [-0.25, -0.2) is 0 Å². The Morgan fingerprint density at radius 1 is 1.00 bits per heavy atom. The van der Waals surface area contributed by atoms with Crippen LogP contribution in [0.25, 0.3) is 0 Å². The first-order chi connectivity index (χ1) is 7.65. The van der Waals surface area contributed by atoms with Crippen LogP contribution in [0.5, 0.6) is 11.6 Å². The van der Waals surface area contributed by atoms with Crippen LogP contribution < -0.4 is 16.2 Å². The first-order valence-corrected chi connectivity index (χ1v) is 5.40. The molecule has 1 heterocycles. The van der Waals surface area contributed by atoms with Crippen LogP contribution in [0.4, 0.5) is 11.5 Å². The summed E-state index contributed by atoms with van der Waals surface area (Å²) < 4.78 is 6.49. The summed E-state index contributed by atoms with van der Waals surface area (Å²) in [7, 11) is 0. The molecule has 1 aromatic heterocycles. The first-order valence-electron chi connectivity index (χ1n) is 4.60. The van der Waals surface area contributed by atoms with E-state index in [9.17, 15) is 0 Å². The van der Waals surface area contributed by atoms with Crippen molar-refractivity contribution in [1.82, 2.24) is 4.98 Å². The molecule has 0 radical (unpaired) electrons. The minimum Gasteiger partial charge on any atom is -0.439 e. The van der Waals surface area contributed by atoms with Gasteiger partial charge in [0.05, 0.1) is 5.69 Å². The highest BCUT2D eigenvalue weighted by Crippen LogP contribution is 2.24. The molecule has 2 aromatic rings. The Balaban J connectivity index is 2.20. The lowest BCUT2D eigenvalue weighted by Crippen LogP contribution is -1.98. The number of aromatic nitrogens is 1. The molecule has 4 nitrogen and oxygen atoms in total. The van der Waals surface area contributed by atoms with Crippen LogP contribution in [0.1, 0.15) is 0 Å². The quantitative estimate of drug-likeness (QED) is 0.887. The summed E-state index contributed by atoms with van der Waals surface area (Å²) in [6, 6.07) is 10.8. The summed E-state index contributed by atoms with van der Waals surface area (Å²) in [6.45, 7) is 0. The lowest BCUT2D eigenvalue weighted by atomic mass is 10.3. The molecule has 0 aliphatic carbocycles. The fourth-order valence-corrected chi connectivity index (χ4v) is 1.41. The maximum atomic E-state index is 5.57. The summed E-state index contributed by atoms with van der Waals surface area (Å²) in [5, 5.41) is 0. The molecular formula is C11H10BrN3O. The molecule has 0 bridgehead atoms. The number of nitrogen functional groups attached to an aromatic ring is 2. The molecule has 1 aromatic carbocycles. The second kappa shape index (κ2) is 4.40. The molecule has 0 fully saturated rings. The van der Waals surface area contributed by atoms with E-state index in [-0.39, 0.29) is 5.82 Å². The third-order valence-corrected chi connectivity index (χ3v) is 2.50. The van der Waals surface area contributed by atoms with E-state index in [4.69, 9.17) is 16.2 Å². The van der Waals surface area contributed by atoms with Gasteiger partial charge in [-0.3, -0.25) is 0 Å². The van der Waals surface area contributed by atoms with Gasteiger partial charge in [0.15, 0.2) is 5.82 Å². The van der Waals surface area contributed by atoms with Gasteiger partial charge in [0.2, 0.25) is 5.88 Å². The van der Waals surface area contributed by atoms with Crippen molar-refractivity contribution in [3.05, 3.63) is 40.9 Å². The van der Waals surface area contributed by atoms with Crippen LogP contribution >= 0.6 is 15.9 Å². The van der Waals surface area contributed by atoms with Crippen molar-refractivity contribution in [1.29, 1.82) is 0 Å². The second-order valence-electron chi connectivity index (χ2n) is 3.18. The smallest absolute Gasteiger partial charge is 0.221 e. The number of rotatable bonds is 2. The standard InChI is InChI=1S/C11H10BrN3O/c12-7-1-3-8(4-2-7)16-10-6-5-9(13)11(14)15-10/h1-6H,13H2,(H2,14,15). The van der Waals surface area contributed by atoms with E-state index in [1.807, 2.05) is 24.3 Å². The summed E-state index contributed by atoms with van der Waals surface area (Å²) in [5.74, 6) is 1.39. The number of nitrogens with two attached hydrogens (primary N) is 2. The topological polar surface area (TPSA) is 74.2 Å². The van der Waals surface area contributed by atoms with E-state index in [0.717, 1.165) is 4.47 Å². The fraction of sp³-hybridized carbons (Fsp3) is 0. The zero-order valence-electron chi connectivity index (χ0n) is 8.35. The van der Waals surface area contributed by atoms with Gasteiger partial charge in [-0.15, -0.1) is 0 Å². The fourth-order valence-electron chi connectivity index (χ4n) is 1.15. The summed E-state index contributed by atoms with van der Waals surface area (Å²) in [4.78, 5) is 4.01. The number of hydrogen-bond acceptors (Lipinski definition) is 4. The van der Waals surface area contributed by atoms with Gasteiger partial charge in [0.1, 0.15) is 5.75 Å². The van der Waals surface area contributed by atoms with E-state index in [1.54, 1.807) is 12.1 Å². The highest BCUT2D eigenvalue weighted by Gasteiger charge is 2.01. The lowest BCUT2D eigenvalue weighted by Gasteiger charge is -2.06. The molecule has 0 saturated carbocycles. The zero-order chi connectivity index (χ0) is 11.5. The Morgan fingerprint density at radius 3 is 2.31 bits per heavy atom. The molecule has 0 saturated heterocycles. The van der Waals surface area contributed by atoms with Gasteiger partial charge in [0.25, 0.3) is 0 Å². The van der Waals surface area contributed by atoms with Crippen LogP contribution in [0.2, 0.25) is 0 Å². The highest BCUT2D eigenvalue weighted by atomic mass is 79.9. The number of benzene rings is 1. The third-order valence-electron chi connectivity index (χ3n) is 1.97. The monoisotopic (exact) mass is 279 g/mol. The third kappa shape index (κ3) is 2.43. The van der Waals surface area contributed by atoms with E-state index < -0.39 is 0 Å². The molecular weight excluding hydrogens is 270 g/mol. The van der Waals surface area contributed by atoms with Crippen molar-refractivity contribution in [2.45, 2.75) is 0 Å². The zero-order valence-corrected chi connectivity index (χ0v) is 9.94. The van der Waals surface area contributed by atoms with E-state index in [2.05, 4.69) is 20.9 Å². The van der Waals surface area contributed by atoms with Gasteiger partial charge in [-0.05, 0) is 30.3 Å². The molecule has 4 N–H and O–H groups in total. The van der Waals surface area contributed by atoms with Gasteiger partial charge in [-0.2, -0.15) is 4.98 Å². The van der Waals surface area contributed by atoms with Crippen molar-refractivity contribution in [3.63, 3.8) is 0 Å². The Morgan fingerprint density at radius 2 is 1.69 bits per heavy atom. The maximum Gasteiger partial charge on any atom is 0.221 e. The average molecular weight is 280 g/mol. The number of ether oxygens (including phenoxy) is 1. The highest BCUT2D eigenvalue weighted by molar-refractivity contribution is 9.10. The molecule has 5 heteroatoms. The molecule has 0 aliphatic heterocycles. The Kier molecular flexibility index (Phi) is 2.96. The first kappa shape index (κ1) is 10.8. The normalized spacial score (nSPS) is 10.1. The van der Waals surface area contributed by atoms with Crippen molar-refractivity contribution >= 4 is 27.4 Å². The van der Waals surface area contributed by atoms with E-state index in [0.29, 0.717) is 17.3 Å². The minimum absolute atomic E-state index is 0.273. The molecule has 82 valence electrons. The van der Waals surface area contributed by atoms with Crippen molar-refractivity contribution in [3.8, 4) is 11.6 Å². The lowest BCUT2D eigenvalue weighted by molar-refractivity contribution is 0.464. The minimum atomic E-state index is 0.273. The van der Waals surface area contributed by atoms with Crippen LogP contribution in [0.3, 0.4) is 0 Å². The average Bonchev–Trinajstić information content (AvgIpc) is 2.27. The number of pyridine rings is 1. The van der Waals surface area contributed by atoms with Crippen LogP contribution in [-0.4, -0.2) is 4.98 Å². The van der Waals surface area contributed by atoms with Crippen LogP contribution in [-0.2, 0) is 0 Å². The number of halogens is 1. The summed E-state index contributed by atoms with van der Waals surface area (Å²) in [6.07, 6.45) is 0. The van der Waals surface area contributed by atoms with Crippen LogP contribution in [0.15, 0.2) is 40.9 Å². The maximum absolute atomic E-state index is 5.57. The number of nitrogens with zero attached hydrogens (tertiary/aromatic N) is 1. The van der Waals surface area contributed by atoms with Gasteiger partial charge in [-0.1, -0.05) is 15.9 Å². The van der Waals surface area contributed by atoms with E-state index >= 15 is 0 Å². The SMILES string of the molecule is Nc1ccc(Oc2ccc(Br)cc2)nc1N. The molecule has 2 rings (SSSR count). The number of anilines is 2. The van der Waals surface area contributed by atoms with Crippen LogP contribution in [0, 0.1) is 0 Å². The Hall–Kier alpha value is -1.75. The predicted octanol–water partition coefficient (Wildman–Crippen LogP) is 2.80. The molecule has 0 spiro atoms.